The van der Waals surface area contributed by atoms with Gasteiger partial charge in [-0.3, -0.25) is 9.48 Å². The number of aromatic nitrogens is 2. The third-order valence-electron chi connectivity index (χ3n) is 2.97. The third-order valence-corrected chi connectivity index (χ3v) is 3.68. The number of hydrogen-bond donors (Lipinski definition) is 0. The Morgan fingerprint density at radius 2 is 1.90 bits per heavy atom. The molecule has 0 unspecified atom stereocenters. The van der Waals surface area contributed by atoms with Crippen molar-refractivity contribution in [2.75, 3.05) is 5.75 Å². The van der Waals surface area contributed by atoms with Gasteiger partial charge in [0.15, 0.2) is 5.78 Å². The summed E-state index contributed by atoms with van der Waals surface area (Å²) < 4.78 is 38.0. The molecule has 0 atom stereocenters. The summed E-state index contributed by atoms with van der Waals surface area (Å²) in [7, 11) is 0. The summed E-state index contributed by atoms with van der Waals surface area (Å²) in [6.07, 6.45) is 1.57. The van der Waals surface area contributed by atoms with Crippen molar-refractivity contribution in [1.29, 1.82) is 0 Å². The molecule has 1 rings (SSSR count). The minimum atomic E-state index is -4.23. The van der Waals surface area contributed by atoms with Gasteiger partial charge < -0.3 is 0 Å². The maximum Gasteiger partial charge on any atom is 0.441 e. The quantitative estimate of drug-likeness (QED) is 0.718. The molecular formula is C13H19F3N2OS. The largest absolute Gasteiger partial charge is 0.441 e. The van der Waals surface area contributed by atoms with E-state index < -0.39 is 5.51 Å². The predicted molar refractivity (Wildman–Crippen MR) is 74.1 cm³/mol. The van der Waals surface area contributed by atoms with Crippen molar-refractivity contribution in [2.45, 2.75) is 52.1 Å². The topological polar surface area (TPSA) is 34.9 Å². The minimum Gasteiger partial charge on any atom is -0.294 e. The van der Waals surface area contributed by atoms with Crippen LogP contribution in [-0.4, -0.2) is 26.8 Å². The molecule has 114 valence electrons. The fraction of sp³-hybridized carbons (Fsp3) is 0.692. The Hall–Kier alpha value is -0.980. The van der Waals surface area contributed by atoms with Crippen LogP contribution in [0, 0.1) is 0 Å². The van der Waals surface area contributed by atoms with Crippen molar-refractivity contribution in [2.24, 2.45) is 0 Å². The van der Waals surface area contributed by atoms with E-state index in [4.69, 9.17) is 0 Å². The van der Waals surface area contributed by atoms with Crippen molar-refractivity contribution in [3.63, 3.8) is 0 Å². The van der Waals surface area contributed by atoms with Gasteiger partial charge in [-0.15, -0.1) is 0 Å². The van der Waals surface area contributed by atoms with E-state index in [0.29, 0.717) is 30.5 Å². The lowest BCUT2D eigenvalue weighted by atomic mass is 10.0. The fourth-order valence-electron chi connectivity index (χ4n) is 2.09. The molecule has 0 aliphatic heterocycles. The van der Waals surface area contributed by atoms with Gasteiger partial charge in [-0.1, -0.05) is 20.8 Å². The van der Waals surface area contributed by atoms with Gasteiger partial charge in [0.2, 0.25) is 0 Å². The predicted octanol–water partition coefficient (Wildman–Crippen LogP) is 3.85. The number of carbonyl (C=O) groups excluding carboxylic acids is 1. The zero-order valence-corrected chi connectivity index (χ0v) is 12.7. The molecule has 1 aromatic rings. The molecule has 0 saturated carbocycles. The highest BCUT2D eigenvalue weighted by Gasteiger charge is 2.28. The van der Waals surface area contributed by atoms with E-state index in [9.17, 15) is 18.0 Å². The van der Waals surface area contributed by atoms with Crippen molar-refractivity contribution >= 4 is 17.5 Å². The summed E-state index contributed by atoms with van der Waals surface area (Å²) in [6, 6.07) is 0. The van der Waals surface area contributed by atoms with Crippen molar-refractivity contribution < 1.29 is 18.0 Å². The molecule has 0 fully saturated rings. The summed E-state index contributed by atoms with van der Waals surface area (Å²) in [4.78, 5) is 12.0. The number of aryl methyl sites for hydroxylation is 2. The van der Waals surface area contributed by atoms with E-state index in [1.165, 1.54) is 0 Å². The van der Waals surface area contributed by atoms with E-state index in [1.807, 2.05) is 13.8 Å². The maximum atomic E-state index is 12.2. The van der Waals surface area contributed by atoms with Gasteiger partial charge in [0.25, 0.3) is 0 Å². The molecule has 0 aliphatic rings. The van der Waals surface area contributed by atoms with Crippen LogP contribution in [0.4, 0.5) is 13.2 Å². The van der Waals surface area contributed by atoms with Gasteiger partial charge in [0.05, 0.1) is 17.8 Å². The van der Waals surface area contributed by atoms with E-state index in [-0.39, 0.29) is 29.8 Å². The molecule has 0 N–H and O–H groups in total. The van der Waals surface area contributed by atoms with Crippen LogP contribution < -0.4 is 0 Å². The molecule has 0 bridgehead atoms. The molecule has 0 amide bonds. The monoisotopic (exact) mass is 308 g/mol. The lowest BCUT2D eigenvalue weighted by Gasteiger charge is -2.08. The third kappa shape index (κ3) is 4.26. The molecule has 0 aliphatic carbocycles. The fourth-order valence-corrected chi connectivity index (χ4v) is 2.59. The molecule has 0 radical (unpaired) electrons. The lowest BCUT2D eigenvalue weighted by molar-refractivity contribution is -0.0328. The Labute approximate surface area is 120 Å². The first-order valence-corrected chi connectivity index (χ1v) is 7.64. The van der Waals surface area contributed by atoms with Crippen molar-refractivity contribution in [3.8, 4) is 0 Å². The number of halogens is 3. The number of nitrogens with zero attached hydrogens (tertiary/aromatic N) is 2. The van der Waals surface area contributed by atoms with Crippen LogP contribution in [0.3, 0.4) is 0 Å². The summed E-state index contributed by atoms with van der Waals surface area (Å²) in [5, 5.41) is 4.30. The van der Waals surface area contributed by atoms with E-state index in [2.05, 4.69) is 5.10 Å². The van der Waals surface area contributed by atoms with E-state index >= 15 is 0 Å². The standard InChI is InChI=1S/C13H19F3N2OS/c1-4-9-12(11(19)6-3)10(5-2)18(17-9)7-8-20-13(14,15)16/h4-8H2,1-3H3. The number of Topliss-reactive ketones (excluding diaryl/α,β-unsaturated/α-hetero) is 1. The molecule has 0 aromatic carbocycles. The first-order chi connectivity index (χ1) is 9.34. The first kappa shape index (κ1) is 17.1. The second kappa shape index (κ2) is 7.15. The van der Waals surface area contributed by atoms with Crippen LogP contribution in [0.2, 0.25) is 0 Å². The number of hydrogen-bond acceptors (Lipinski definition) is 3. The Morgan fingerprint density at radius 3 is 2.35 bits per heavy atom. The average molecular weight is 308 g/mol. The Balaban J connectivity index is 2.96. The average Bonchev–Trinajstić information content (AvgIpc) is 2.74. The SMILES string of the molecule is CCC(=O)c1c(CC)nn(CCSC(F)(F)F)c1CC. The van der Waals surface area contributed by atoms with Crippen LogP contribution in [0.25, 0.3) is 0 Å². The summed E-state index contributed by atoms with van der Waals surface area (Å²) in [6.45, 7) is 5.72. The number of thioether (sulfide) groups is 1. The van der Waals surface area contributed by atoms with Crippen molar-refractivity contribution in [1.82, 2.24) is 9.78 Å². The normalized spacial score (nSPS) is 11.9. The zero-order valence-electron chi connectivity index (χ0n) is 11.9. The Bertz CT molecular complexity index is 469. The number of ketones is 1. The van der Waals surface area contributed by atoms with Crippen LogP contribution in [-0.2, 0) is 19.4 Å². The Morgan fingerprint density at radius 1 is 1.25 bits per heavy atom. The van der Waals surface area contributed by atoms with Gasteiger partial charge in [-0.25, -0.2) is 0 Å². The molecule has 1 heterocycles. The molecule has 0 spiro atoms. The smallest absolute Gasteiger partial charge is 0.294 e. The van der Waals surface area contributed by atoms with Crippen LogP contribution in [0.5, 0.6) is 0 Å². The van der Waals surface area contributed by atoms with Gasteiger partial charge >= 0.3 is 5.51 Å². The summed E-state index contributed by atoms with van der Waals surface area (Å²) in [5.74, 6) is -0.0883. The second-order valence-corrected chi connectivity index (χ2v) is 5.43. The van der Waals surface area contributed by atoms with E-state index in [0.717, 1.165) is 5.69 Å². The second-order valence-electron chi connectivity index (χ2n) is 4.27. The van der Waals surface area contributed by atoms with Crippen LogP contribution in [0.1, 0.15) is 48.9 Å². The van der Waals surface area contributed by atoms with Crippen LogP contribution in [0.15, 0.2) is 0 Å². The molecular weight excluding hydrogens is 289 g/mol. The number of carbonyl (C=O) groups is 1. The number of rotatable bonds is 7. The molecule has 3 nitrogen and oxygen atoms in total. The summed E-state index contributed by atoms with van der Waals surface area (Å²) >= 11 is -0.0613. The minimum absolute atomic E-state index is 0.00780. The first-order valence-electron chi connectivity index (χ1n) is 6.66. The molecule has 0 saturated heterocycles. The molecule has 20 heavy (non-hydrogen) atoms. The van der Waals surface area contributed by atoms with Gasteiger partial charge in [0, 0.05) is 17.9 Å². The Kier molecular flexibility index (Phi) is 6.10. The van der Waals surface area contributed by atoms with Gasteiger partial charge in [0.1, 0.15) is 0 Å². The lowest BCUT2D eigenvalue weighted by Crippen LogP contribution is -2.11. The molecule has 1 aromatic heterocycles. The van der Waals surface area contributed by atoms with Gasteiger partial charge in [-0.05, 0) is 24.6 Å². The zero-order chi connectivity index (χ0) is 15.3. The maximum absolute atomic E-state index is 12.2. The highest BCUT2D eigenvalue weighted by molar-refractivity contribution is 8.00. The van der Waals surface area contributed by atoms with E-state index in [1.54, 1.807) is 11.6 Å². The highest BCUT2D eigenvalue weighted by atomic mass is 32.2. The van der Waals surface area contributed by atoms with Crippen molar-refractivity contribution in [3.05, 3.63) is 17.0 Å². The van der Waals surface area contributed by atoms with Crippen LogP contribution >= 0.6 is 11.8 Å². The van der Waals surface area contributed by atoms with Gasteiger partial charge in [-0.2, -0.15) is 18.3 Å². The molecule has 7 heteroatoms. The summed E-state index contributed by atoms with van der Waals surface area (Å²) in [5.41, 5.74) is -2.19. The number of alkyl halides is 3. The highest BCUT2D eigenvalue weighted by Crippen LogP contribution is 2.30.